The number of fused-ring (bicyclic) bond motifs is 1. The zero-order chi connectivity index (χ0) is 24.5. The molecule has 0 radical (unpaired) electrons. The molecule has 0 aliphatic carbocycles. The number of rotatable bonds is 7. The molecule has 0 aliphatic rings. The van der Waals surface area contributed by atoms with E-state index < -0.39 is 21.1 Å². The summed E-state index contributed by atoms with van der Waals surface area (Å²) in [7, 11) is -0.903. The fraction of sp³-hybridized carbons (Fsp3) is 0.333. The molecule has 0 saturated heterocycles. The summed E-state index contributed by atoms with van der Waals surface area (Å²) in [6.07, 6.45) is 0.109. The number of aryl methyl sites for hydroxylation is 2. The molecule has 3 aromatic rings. The summed E-state index contributed by atoms with van der Waals surface area (Å²) in [5, 5.41) is 3.07. The van der Waals surface area contributed by atoms with E-state index in [2.05, 4.69) is 10.1 Å². The standard InChI is InChI=1S/C24H27ClN2O5S/c1-6-22(24(29)32-5)33(30,31)17-9-7-16(8-10-17)15(3)26-23(28)21-13-18-19(25)11-14(2)12-20(18)27(21)4/h7-13,15,22H,6H2,1-5H3,(H,26,28). The molecule has 2 atom stereocenters. The molecule has 0 saturated carbocycles. The number of sulfone groups is 1. The van der Waals surface area contributed by atoms with Gasteiger partial charge >= 0.3 is 5.97 Å². The van der Waals surface area contributed by atoms with Gasteiger partial charge in [-0.15, -0.1) is 0 Å². The van der Waals surface area contributed by atoms with E-state index in [0.29, 0.717) is 10.7 Å². The maximum atomic E-state index is 13.0. The van der Waals surface area contributed by atoms with Gasteiger partial charge in [-0.1, -0.05) is 30.7 Å². The lowest BCUT2D eigenvalue weighted by Gasteiger charge is -2.17. The Balaban J connectivity index is 1.81. The first-order valence-electron chi connectivity index (χ1n) is 10.5. The molecular weight excluding hydrogens is 464 g/mol. The molecular formula is C24H27ClN2O5S. The summed E-state index contributed by atoms with van der Waals surface area (Å²) in [5.74, 6) is -1.06. The van der Waals surface area contributed by atoms with Crippen molar-refractivity contribution in [3.8, 4) is 0 Å². The smallest absolute Gasteiger partial charge is 0.324 e. The number of carbonyl (C=O) groups is 2. The van der Waals surface area contributed by atoms with E-state index in [-0.39, 0.29) is 23.3 Å². The molecule has 3 rings (SSSR count). The van der Waals surface area contributed by atoms with Gasteiger partial charge in [0.15, 0.2) is 15.1 Å². The van der Waals surface area contributed by atoms with Gasteiger partial charge < -0.3 is 14.6 Å². The Kier molecular flexibility index (Phi) is 7.19. The van der Waals surface area contributed by atoms with Crippen LogP contribution in [0.3, 0.4) is 0 Å². The van der Waals surface area contributed by atoms with Gasteiger partial charge in [-0.25, -0.2) is 8.42 Å². The van der Waals surface area contributed by atoms with Gasteiger partial charge in [0.05, 0.1) is 28.6 Å². The summed E-state index contributed by atoms with van der Waals surface area (Å²) in [6.45, 7) is 5.37. The summed E-state index contributed by atoms with van der Waals surface area (Å²) >= 11 is 6.34. The van der Waals surface area contributed by atoms with Crippen molar-refractivity contribution in [1.82, 2.24) is 9.88 Å². The van der Waals surface area contributed by atoms with Crippen molar-refractivity contribution in [2.75, 3.05) is 7.11 Å². The second-order valence-corrected chi connectivity index (χ2v) is 10.5. The van der Waals surface area contributed by atoms with Crippen LogP contribution in [0.4, 0.5) is 0 Å². The van der Waals surface area contributed by atoms with Crippen LogP contribution in [0.5, 0.6) is 0 Å². The monoisotopic (exact) mass is 490 g/mol. The Bertz CT molecular complexity index is 1310. The summed E-state index contributed by atoms with van der Waals surface area (Å²) in [6, 6.07) is 11.3. The van der Waals surface area contributed by atoms with E-state index in [1.807, 2.05) is 33.0 Å². The molecule has 0 fully saturated rings. The SMILES string of the molecule is CCC(C(=O)OC)S(=O)(=O)c1ccc(C(C)NC(=O)c2cc3c(Cl)cc(C)cc3n2C)cc1. The Morgan fingerprint density at radius 2 is 1.79 bits per heavy atom. The topological polar surface area (TPSA) is 94.5 Å². The lowest BCUT2D eigenvalue weighted by molar-refractivity contribution is -0.140. The van der Waals surface area contributed by atoms with Crippen LogP contribution in [-0.2, 0) is 26.4 Å². The van der Waals surface area contributed by atoms with E-state index in [0.717, 1.165) is 22.0 Å². The second-order valence-electron chi connectivity index (χ2n) is 8.00. The number of esters is 1. The van der Waals surface area contributed by atoms with Crippen LogP contribution in [0, 0.1) is 6.92 Å². The molecule has 1 N–H and O–H groups in total. The van der Waals surface area contributed by atoms with Crippen LogP contribution in [0.25, 0.3) is 10.9 Å². The number of hydrogen-bond acceptors (Lipinski definition) is 5. The van der Waals surface area contributed by atoms with Crippen molar-refractivity contribution in [3.63, 3.8) is 0 Å². The van der Waals surface area contributed by atoms with Crippen molar-refractivity contribution in [2.24, 2.45) is 7.05 Å². The Morgan fingerprint density at radius 3 is 2.36 bits per heavy atom. The minimum atomic E-state index is -3.88. The van der Waals surface area contributed by atoms with Crippen molar-refractivity contribution in [2.45, 2.75) is 43.4 Å². The highest BCUT2D eigenvalue weighted by molar-refractivity contribution is 7.92. The third-order valence-corrected chi connectivity index (χ3v) is 8.27. The highest BCUT2D eigenvalue weighted by atomic mass is 35.5. The van der Waals surface area contributed by atoms with E-state index in [1.165, 1.54) is 19.2 Å². The molecule has 0 aliphatic heterocycles. The van der Waals surface area contributed by atoms with Crippen LogP contribution in [0.1, 0.15) is 47.9 Å². The van der Waals surface area contributed by atoms with Gasteiger partial charge in [0.2, 0.25) is 0 Å². The number of amides is 1. The number of nitrogens with one attached hydrogen (secondary N) is 1. The van der Waals surface area contributed by atoms with Gasteiger partial charge in [0.1, 0.15) is 5.69 Å². The molecule has 0 spiro atoms. The molecule has 1 amide bonds. The van der Waals surface area contributed by atoms with Crippen molar-refractivity contribution < 1.29 is 22.7 Å². The summed E-state index contributed by atoms with van der Waals surface area (Å²) in [5.41, 5.74) is 3.05. The number of carbonyl (C=O) groups excluding carboxylic acids is 2. The third kappa shape index (κ3) is 4.77. The number of nitrogens with zero attached hydrogens (tertiary/aromatic N) is 1. The van der Waals surface area contributed by atoms with Gasteiger partial charge in [-0.05, 0) is 61.7 Å². The fourth-order valence-electron chi connectivity index (χ4n) is 3.85. The van der Waals surface area contributed by atoms with Crippen molar-refractivity contribution in [1.29, 1.82) is 0 Å². The molecule has 0 bridgehead atoms. The third-order valence-electron chi connectivity index (χ3n) is 5.75. The zero-order valence-corrected chi connectivity index (χ0v) is 20.8. The summed E-state index contributed by atoms with van der Waals surface area (Å²) in [4.78, 5) is 24.9. The largest absolute Gasteiger partial charge is 0.468 e. The lowest BCUT2D eigenvalue weighted by atomic mass is 10.1. The van der Waals surface area contributed by atoms with Crippen LogP contribution in [-0.4, -0.2) is 37.2 Å². The van der Waals surface area contributed by atoms with Crippen molar-refractivity contribution >= 4 is 44.2 Å². The minimum absolute atomic E-state index is 0.0284. The number of methoxy groups -OCH3 is 1. The quantitative estimate of drug-likeness (QED) is 0.496. The van der Waals surface area contributed by atoms with Crippen LogP contribution in [0.2, 0.25) is 5.02 Å². The molecule has 2 aromatic carbocycles. The normalized spacial score (nSPS) is 13.5. The molecule has 1 aromatic heterocycles. The van der Waals surface area contributed by atoms with Crippen molar-refractivity contribution in [3.05, 3.63) is 64.3 Å². The highest BCUT2D eigenvalue weighted by Gasteiger charge is 2.33. The average molecular weight is 491 g/mol. The molecule has 7 nitrogen and oxygen atoms in total. The fourth-order valence-corrected chi connectivity index (χ4v) is 5.80. The molecule has 176 valence electrons. The predicted octanol–water partition coefficient (Wildman–Crippen LogP) is 4.36. The Hall–Kier alpha value is -2.84. The Labute approximate surface area is 198 Å². The number of hydrogen-bond donors (Lipinski definition) is 1. The highest BCUT2D eigenvalue weighted by Crippen LogP contribution is 2.28. The first-order valence-corrected chi connectivity index (χ1v) is 12.4. The first kappa shape index (κ1) is 24.8. The van der Waals surface area contributed by atoms with E-state index in [9.17, 15) is 18.0 Å². The lowest BCUT2D eigenvalue weighted by Crippen LogP contribution is -2.31. The average Bonchev–Trinajstić information content (AvgIpc) is 3.10. The summed E-state index contributed by atoms with van der Waals surface area (Å²) < 4.78 is 32.0. The number of halogens is 1. The van der Waals surface area contributed by atoms with Gasteiger partial charge in [0.25, 0.3) is 5.91 Å². The number of aromatic nitrogens is 1. The van der Waals surface area contributed by atoms with E-state index >= 15 is 0 Å². The first-order chi connectivity index (χ1) is 15.5. The van der Waals surface area contributed by atoms with E-state index in [1.54, 1.807) is 29.7 Å². The van der Waals surface area contributed by atoms with Crippen LogP contribution in [0.15, 0.2) is 47.4 Å². The van der Waals surface area contributed by atoms with Crippen LogP contribution < -0.4 is 5.32 Å². The Morgan fingerprint density at radius 1 is 1.15 bits per heavy atom. The van der Waals surface area contributed by atoms with Crippen LogP contribution >= 0.6 is 11.6 Å². The van der Waals surface area contributed by atoms with E-state index in [4.69, 9.17) is 11.6 Å². The zero-order valence-electron chi connectivity index (χ0n) is 19.2. The van der Waals surface area contributed by atoms with Gasteiger partial charge in [-0.3, -0.25) is 9.59 Å². The number of ether oxygens (including phenoxy) is 1. The molecule has 2 unspecified atom stereocenters. The predicted molar refractivity (Wildman–Crippen MR) is 128 cm³/mol. The molecule has 9 heteroatoms. The van der Waals surface area contributed by atoms with Gasteiger partial charge in [0, 0.05) is 12.4 Å². The van der Waals surface area contributed by atoms with Gasteiger partial charge in [-0.2, -0.15) is 0 Å². The number of benzene rings is 2. The maximum Gasteiger partial charge on any atom is 0.324 e. The minimum Gasteiger partial charge on any atom is -0.468 e. The second kappa shape index (κ2) is 9.57. The molecule has 1 heterocycles. The maximum absolute atomic E-state index is 13.0. The molecule has 33 heavy (non-hydrogen) atoms.